The standard InChI is InChI=1S/C36H36F6N4O/c37-35(38,39)26-13-9-12-25(22-26)32-29(23-45-20-16-27(17-21-45)46-18-7-2-8-19-46)31(28-14-5-6-15-30(28)43-32)34(47)44-33(36(40,41)42)24-10-3-1-4-11-24/h1,3-6,9-15,22,27,33H,2,7-8,16-21,23H2,(H,44,47)/t33-/m0/s1. The van der Waals surface area contributed by atoms with Gasteiger partial charge in [-0.1, -0.05) is 67.1 Å². The maximum absolute atomic E-state index is 14.4. The summed E-state index contributed by atoms with van der Waals surface area (Å²) >= 11 is 0. The van der Waals surface area contributed by atoms with Crippen molar-refractivity contribution in [2.45, 2.75) is 63.1 Å². The van der Waals surface area contributed by atoms with Crippen LogP contribution < -0.4 is 5.32 Å². The highest BCUT2D eigenvalue weighted by atomic mass is 19.4. The number of nitrogens with one attached hydrogen (secondary N) is 1. The molecule has 2 fully saturated rings. The summed E-state index contributed by atoms with van der Waals surface area (Å²) in [7, 11) is 0. The van der Waals surface area contributed by atoms with Crippen molar-refractivity contribution in [2.75, 3.05) is 26.2 Å². The number of aromatic nitrogens is 1. The zero-order chi connectivity index (χ0) is 33.2. The lowest BCUT2D eigenvalue weighted by Gasteiger charge is -2.40. The Hall–Kier alpha value is -3.96. The second-order valence-corrected chi connectivity index (χ2v) is 12.4. The van der Waals surface area contributed by atoms with Crippen LogP contribution in [0.25, 0.3) is 22.2 Å². The molecule has 11 heteroatoms. The van der Waals surface area contributed by atoms with Crippen LogP contribution in [0.15, 0.2) is 78.9 Å². The number of fused-ring (bicyclic) bond motifs is 1. The summed E-state index contributed by atoms with van der Waals surface area (Å²) < 4.78 is 84.7. The molecular formula is C36H36F6N4O. The lowest BCUT2D eigenvalue weighted by Crippen LogP contribution is -2.46. The van der Waals surface area contributed by atoms with Gasteiger partial charge in [-0.15, -0.1) is 0 Å². The van der Waals surface area contributed by atoms with Gasteiger partial charge in [0.1, 0.15) is 0 Å². The average molecular weight is 655 g/mol. The van der Waals surface area contributed by atoms with E-state index >= 15 is 0 Å². The summed E-state index contributed by atoms with van der Waals surface area (Å²) in [4.78, 5) is 23.6. The predicted molar refractivity (Wildman–Crippen MR) is 169 cm³/mol. The number of likely N-dealkylation sites (tertiary alicyclic amines) is 2. The molecule has 0 bridgehead atoms. The molecule has 2 aliphatic heterocycles. The van der Waals surface area contributed by atoms with Crippen LogP contribution >= 0.6 is 0 Å². The summed E-state index contributed by atoms with van der Waals surface area (Å²) in [6, 6.07) is 16.5. The van der Waals surface area contributed by atoms with Crippen LogP contribution in [0.1, 0.15) is 65.2 Å². The van der Waals surface area contributed by atoms with Crippen molar-refractivity contribution in [2.24, 2.45) is 0 Å². The molecule has 2 saturated heterocycles. The number of rotatable bonds is 7. The molecule has 248 valence electrons. The molecule has 1 aromatic heterocycles. The van der Waals surface area contributed by atoms with E-state index in [1.54, 1.807) is 30.3 Å². The highest BCUT2D eigenvalue weighted by Gasteiger charge is 2.42. The van der Waals surface area contributed by atoms with Crippen LogP contribution in [0.4, 0.5) is 26.3 Å². The van der Waals surface area contributed by atoms with E-state index < -0.39 is 29.9 Å². The van der Waals surface area contributed by atoms with Crippen molar-refractivity contribution in [1.29, 1.82) is 0 Å². The number of carbonyl (C=O) groups is 1. The molecule has 1 atom stereocenters. The molecule has 6 rings (SSSR count). The molecule has 3 heterocycles. The lowest BCUT2D eigenvalue weighted by atomic mass is 9.93. The van der Waals surface area contributed by atoms with E-state index in [9.17, 15) is 31.1 Å². The Morgan fingerprint density at radius 2 is 1.51 bits per heavy atom. The summed E-state index contributed by atoms with van der Waals surface area (Å²) in [5.41, 5.74) is -0.176. The third-order valence-corrected chi connectivity index (χ3v) is 9.27. The maximum atomic E-state index is 14.4. The van der Waals surface area contributed by atoms with Gasteiger partial charge in [-0.3, -0.25) is 9.69 Å². The first-order chi connectivity index (χ1) is 22.5. The van der Waals surface area contributed by atoms with E-state index in [-0.39, 0.29) is 28.9 Å². The number of halogens is 6. The van der Waals surface area contributed by atoms with Crippen molar-refractivity contribution in [1.82, 2.24) is 20.1 Å². The molecule has 5 nitrogen and oxygen atoms in total. The number of amides is 1. The van der Waals surface area contributed by atoms with Gasteiger partial charge in [-0.2, -0.15) is 26.3 Å². The largest absolute Gasteiger partial charge is 0.416 e. The fourth-order valence-electron chi connectivity index (χ4n) is 6.90. The predicted octanol–water partition coefficient (Wildman–Crippen LogP) is 8.40. The molecular weight excluding hydrogens is 618 g/mol. The highest BCUT2D eigenvalue weighted by Crippen LogP contribution is 2.38. The molecule has 4 aromatic rings. The second-order valence-electron chi connectivity index (χ2n) is 12.4. The molecule has 0 saturated carbocycles. The first-order valence-corrected chi connectivity index (χ1v) is 16.0. The van der Waals surface area contributed by atoms with Gasteiger partial charge in [0, 0.05) is 29.1 Å². The number of alkyl halides is 6. The molecule has 47 heavy (non-hydrogen) atoms. The van der Waals surface area contributed by atoms with Crippen LogP contribution in [-0.2, 0) is 12.7 Å². The van der Waals surface area contributed by atoms with Crippen LogP contribution in [0.5, 0.6) is 0 Å². The van der Waals surface area contributed by atoms with E-state index in [1.807, 2.05) is 0 Å². The van der Waals surface area contributed by atoms with Gasteiger partial charge in [0.05, 0.1) is 22.3 Å². The maximum Gasteiger partial charge on any atom is 0.416 e. The molecule has 3 aromatic carbocycles. The highest BCUT2D eigenvalue weighted by molar-refractivity contribution is 6.09. The molecule has 1 amide bonds. The van der Waals surface area contributed by atoms with Crippen molar-refractivity contribution < 1.29 is 31.1 Å². The minimum absolute atomic E-state index is 0.0219. The van der Waals surface area contributed by atoms with Gasteiger partial charge in [-0.05, 0) is 75.6 Å². The Morgan fingerprint density at radius 3 is 2.19 bits per heavy atom. The number of benzene rings is 3. The van der Waals surface area contributed by atoms with Crippen molar-refractivity contribution in [3.05, 3.63) is 101 Å². The van der Waals surface area contributed by atoms with Crippen molar-refractivity contribution in [3.63, 3.8) is 0 Å². The van der Waals surface area contributed by atoms with Gasteiger partial charge >= 0.3 is 12.4 Å². The van der Waals surface area contributed by atoms with Gasteiger partial charge < -0.3 is 10.2 Å². The first-order valence-electron chi connectivity index (χ1n) is 16.0. The van der Waals surface area contributed by atoms with Crippen LogP contribution in [0.2, 0.25) is 0 Å². The summed E-state index contributed by atoms with van der Waals surface area (Å²) in [6.45, 7) is 3.61. The average Bonchev–Trinajstić information content (AvgIpc) is 3.07. The molecule has 1 N–H and O–H groups in total. The number of pyridine rings is 1. The molecule has 0 radical (unpaired) electrons. The topological polar surface area (TPSA) is 48.5 Å². The summed E-state index contributed by atoms with van der Waals surface area (Å²) in [5, 5.41) is 2.55. The molecule has 2 aliphatic rings. The minimum Gasteiger partial charge on any atom is -0.337 e. The fraction of sp³-hybridized carbons (Fsp3) is 0.389. The Bertz CT molecular complexity index is 1690. The Balaban J connectivity index is 1.44. The van der Waals surface area contributed by atoms with Gasteiger partial charge in [-0.25, -0.2) is 4.98 Å². The van der Waals surface area contributed by atoms with Crippen LogP contribution in [0.3, 0.4) is 0 Å². The van der Waals surface area contributed by atoms with Crippen LogP contribution in [-0.4, -0.2) is 59.1 Å². The lowest BCUT2D eigenvalue weighted by molar-refractivity contribution is -0.155. The van der Waals surface area contributed by atoms with Crippen LogP contribution in [0, 0.1) is 0 Å². The molecule has 0 unspecified atom stereocenters. The smallest absolute Gasteiger partial charge is 0.337 e. The Labute approximate surface area is 269 Å². The number of hydrogen-bond donors (Lipinski definition) is 1. The van der Waals surface area contributed by atoms with E-state index in [0.717, 1.165) is 38.1 Å². The van der Waals surface area contributed by atoms with Gasteiger partial charge in [0.25, 0.3) is 5.91 Å². The summed E-state index contributed by atoms with van der Waals surface area (Å²) in [6.07, 6.45) is -4.10. The third kappa shape index (κ3) is 7.46. The fourth-order valence-corrected chi connectivity index (χ4v) is 6.90. The molecule has 0 spiro atoms. The van der Waals surface area contributed by atoms with Crippen molar-refractivity contribution in [3.8, 4) is 11.3 Å². The summed E-state index contributed by atoms with van der Waals surface area (Å²) in [5.74, 6) is -0.971. The van der Waals surface area contributed by atoms with Gasteiger partial charge in [0.2, 0.25) is 0 Å². The number of piperidine rings is 2. The monoisotopic (exact) mass is 654 g/mol. The SMILES string of the molecule is O=C(N[C@@H](c1ccccc1)C(F)(F)F)c1c(CN2CCC(N3CCCCC3)CC2)c(-c2cccc(C(F)(F)F)c2)nc2ccccc12. The van der Waals surface area contributed by atoms with E-state index in [2.05, 4.69) is 15.1 Å². The Kier molecular flexibility index (Phi) is 9.57. The number of carbonyl (C=O) groups excluding carboxylic acids is 1. The first kappa shape index (κ1) is 33.0. The Morgan fingerprint density at radius 1 is 0.830 bits per heavy atom. The molecule has 0 aliphatic carbocycles. The quantitative estimate of drug-likeness (QED) is 0.204. The zero-order valence-corrected chi connectivity index (χ0v) is 25.7. The van der Waals surface area contributed by atoms with E-state index in [4.69, 9.17) is 4.98 Å². The van der Waals surface area contributed by atoms with Gasteiger partial charge in [0.15, 0.2) is 6.04 Å². The number of nitrogens with zero attached hydrogens (tertiary/aromatic N) is 3. The minimum atomic E-state index is -4.81. The normalized spacial score (nSPS) is 17.9. The second kappa shape index (κ2) is 13.6. The third-order valence-electron chi connectivity index (χ3n) is 9.27. The number of para-hydroxylation sites is 1. The van der Waals surface area contributed by atoms with E-state index in [0.29, 0.717) is 35.6 Å². The van der Waals surface area contributed by atoms with Crippen molar-refractivity contribution >= 4 is 16.8 Å². The van der Waals surface area contributed by atoms with E-state index in [1.165, 1.54) is 55.7 Å². The number of hydrogen-bond acceptors (Lipinski definition) is 4. The zero-order valence-electron chi connectivity index (χ0n) is 25.7.